The van der Waals surface area contributed by atoms with E-state index in [9.17, 15) is 0 Å². The van der Waals surface area contributed by atoms with E-state index in [2.05, 4.69) is 27.3 Å². The predicted octanol–water partition coefficient (Wildman–Crippen LogP) is -0.306. The number of piperazine rings is 1. The fourth-order valence-corrected chi connectivity index (χ4v) is 3.92. The molecule has 0 aromatic rings. The SMILES string of the molecule is CN1CCN(NC2(CN)CCN3CCCC3C2)CC1. The highest BCUT2D eigenvalue weighted by Crippen LogP contribution is 2.32. The molecular weight excluding hydrogens is 238 g/mol. The van der Waals surface area contributed by atoms with E-state index >= 15 is 0 Å². The average molecular weight is 267 g/mol. The zero-order chi connectivity index (χ0) is 13.3. The van der Waals surface area contributed by atoms with Crippen LogP contribution in [0.1, 0.15) is 25.7 Å². The molecule has 3 aliphatic rings. The topological polar surface area (TPSA) is 47.8 Å². The summed E-state index contributed by atoms with van der Waals surface area (Å²) in [5, 5.41) is 2.41. The molecule has 3 saturated heterocycles. The number of likely N-dealkylation sites (N-methyl/N-ethyl adjacent to an activating group) is 1. The van der Waals surface area contributed by atoms with E-state index in [4.69, 9.17) is 5.73 Å². The minimum absolute atomic E-state index is 0.154. The van der Waals surface area contributed by atoms with E-state index in [0.717, 1.165) is 38.8 Å². The van der Waals surface area contributed by atoms with Crippen LogP contribution in [-0.2, 0) is 0 Å². The van der Waals surface area contributed by atoms with Gasteiger partial charge in [-0.05, 0) is 39.3 Å². The maximum absolute atomic E-state index is 6.15. The second kappa shape index (κ2) is 5.66. The monoisotopic (exact) mass is 267 g/mol. The standard InChI is InChI=1S/C14H29N5/c1-17-7-9-19(10-8-17)16-14(12-15)4-6-18-5-2-3-13(18)11-14/h13,16H,2-12,15H2,1H3. The Bertz CT molecular complexity index is 302. The molecule has 0 bridgehead atoms. The lowest BCUT2D eigenvalue weighted by Crippen LogP contribution is -2.66. The number of nitrogens with two attached hydrogens (primary N) is 1. The molecule has 0 saturated carbocycles. The number of hydrazine groups is 1. The van der Waals surface area contributed by atoms with Gasteiger partial charge in [0.05, 0.1) is 0 Å². The van der Waals surface area contributed by atoms with Gasteiger partial charge in [0.25, 0.3) is 0 Å². The Hall–Kier alpha value is -0.200. The molecular formula is C14H29N5. The summed E-state index contributed by atoms with van der Waals surface area (Å²) in [6.07, 6.45) is 5.17. The van der Waals surface area contributed by atoms with Crippen LogP contribution >= 0.6 is 0 Å². The van der Waals surface area contributed by atoms with Crippen molar-refractivity contribution in [1.82, 2.24) is 20.2 Å². The van der Waals surface area contributed by atoms with E-state index < -0.39 is 0 Å². The first-order valence-electron chi connectivity index (χ1n) is 7.86. The Morgan fingerprint density at radius 1 is 1.16 bits per heavy atom. The predicted molar refractivity (Wildman–Crippen MR) is 77.8 cm³/mol. The van der Waals surface area contributed by atoms with Gasteiger partial charge in [-0.3, -0.25) is 0 Å². The Labute approximate surface area is 117 Å². The van der Waals surface area contributed by atoms with E-state index in [0.29, 0.717) is 0 Å². The average Bonchev–Trinajstić information content (AvgIpc) is 2.88. The van der Waals surface area contributed by atoms with Crippen LogP contribution in [0.4, 0.5) is 0 Å². The van der Waals surface area contributed by atoms with E-state index in [1.54, 1.807) is 0 Å². The van der Waals surface area contributed by atoms with Crippen molar-refractivity contribution in [2.24, 2.45) is 5.73 Å². The molecule has 3 heterocycles. The molecule has 0 spiro atoms. The third-order valence-corrected chi connectivity index (χ3v) is 5.29. The van der Waals surface area contributed by atoms with Gasteiger partial charge in [-0.15, -0.1) is 0 Å². The fourth-order valence-electron chi connectivity index (χ4n) is 3.92. The molecule has 2 unspecified atom stereocenters. The van der Waals surface area contributed by atoms with Crippen molar-refractivity contribution in [3.8, 4) is 0 Å². The molecule has 3 N–H and O–H groups in total. The second-order valence-corrected chi connectivity index (χ2v) is 6.67. The molecule has 3 aliphatic heterocycles. The molecule has 0 amide bonds. The zero-order valence-corrected chi connectivity index (χ0v) is 12.3. The zero-order valence-electron chi connectivity index (χ0n) is 12.3. The van der Waals surface area contributed by atoms with Gasteiger partial charge in [0.2, 0.25) is 0 Å². The van der Waals surface area contributed by atoms with Crippen molar-refractivity contribution in [1.29, 1.82) is 0 Å². The van der Waals surface area contributed by atoms with E-state index in [-0.39, 0.29) is 5.54 Å². The summed E-state index contributed by atoms with van der Waals surface area (Å²) < 4.78 is 0. The molecule has 0 aromatic heterocycles. The van der Waals surface area contributed by atoms with Gasteiger partial charge >= 0.3 is 0 Å². The summed E-state index contributed by atoms with van der Waals surface area (Å²) in [7, 11) is 2.20. The Kier molecular flexibility index (Phi) is 4.10. The Morgan fingerprint density at radius 3 is 2.68 bits per heavy atom. The highest BCUT2D eigenvalue weighted by Gasteiger charge is 2.41. The molecule has 0 aromatic carbocycles. The number of nitrogens with one attached hydrogen (secondary N) is 1. The van der Waals surface area contributed by atoms with Crippen molar-refractivity contribution < 1.29 is 0 Å². The van der Waals surface area contributed by atoms with Gasteiger partial charge in [-0.25, -0.2) is 10.4 Å². The first-order valence-corrected chi connectivity index (χ1v) is 7.86. The summed E-state index contributed by atoms with van der Waals surface area (Å²) in [5.41, 5.74) is 10.1. The van der Waals surface area contributed by atoms with Crippen molar-refractivity contribution in [2.75, 3.05) is 52.9 Å². The Balaban J connectivity index is 1.60. The number of nitrogens with zero attached hydrogens (tertiary/aromatic N) is 3. The van der Waals surface area contributed by atoms with Crippen LogP contribution < -0.4 is 11.2 Å². The van der Waals surface area contributed by atoms with E-state index in [1.807, 2.05) is 0 Å². The summed E-state index contributed by atoms with van der Waals surface area (Å²) in [4.78, 5) is 5.06. The molecule has 3 fully saturated rings. The van der Waals surface area contributed by atoms with Crippen molar-refractivity contribution in [2.45, 2.75) is 37.3 Å². The number of hydrogen-bond acceptors (Lipinski definition) is 5. The summed E-state index contributed by atoms with van der Waals surface area (Å²) in [6, 6.07) is 0.775. The first-order chi connectivity index (χ1) is 9.21. The van der Waals surface area contributed by atoms with Gasteiger partial charge in [-0.1, -0.05) is 0 Å². The lowest BCUT2D eigenvalue weighted by atomic mass is 9.84. The lowest BCUT2D eigenvalue weighted by molar-refractivity contribution is 0.0138. The molecule has 0 aliphatic carbocycles. The van der Waals surface area contributed by atoms with Gasteiger partial charge in [0.15, 0.2) is 0 Å². The molecule has 0 radical (unpaired) electrons. The fraction of sp³-hybridized carbons (Fsp3) is 1.00. The second-order valence-electron chi connectivity index (χ2n) is 6.67. The van der Waals surface area contributed by atoms with Crippen LogP contribution in [0.5, 0.6) is 0 Å². The van der Waals surface area contributed by atoms with Gasteiger partial charge < -0.3 is 15.5 Å². The minimum atomic E-state index is 0.154. The minimum Gasteiger partial charge on any atom is -0.329 e. The quantitative estimate of drug-likeness (QED) is 0.735. The summed E-state index contributed by atoms with van der Waals surface area (Å²) >= 11 is 0. The van der Waals surface area contributed by atoms with Gasteiger partial charge in [0.1, 0.15) is 0 Å². The molecule has 19 heavy (non-hydrogen) atoms. The van der Waals surface area contributed by atoms with E-state index in [1.165, 1.54) is 38.8 Å². The van der Waals surface area contributed by atoms with Crippen molar-refractivity contribution >= 4 is 0 Å². The number of piperidine rings is 1. The van der Waals surface area contributed by atoms with Crippen molar-refractivity contribution in [3.63, 3.8) is 0 Å². The highest BCUT2D eigenvalue weighted by molar-refractivity contribution is 5.00. The number of rotatable bonds is 3. The summed E-state index contributed by atoms with van der Waals surface area (Å²) in [6.45, 7) is 7.85. The molecule has 5 heteroatoms. The third-order valence-electron chi connectivity index (χ3n) is 5.29. The largest absolute Gasteiger partial charge is 0.329 e. The van der Waals surface area contributed by atoms with Gasteiger partial charge in [0, 0.05) is 50.8 Å². The molecule has 3 rings (SSSR count). The van der Waals surface area contributed by atoms with Crippen LogP contribution in [0, 0.1) is 0 Å². The van der Waals surface area contributed by atoms with Crippen LogP contribution in [0.25, 0.3) is 0 Å². The van der Waals surface area contributed by atoms with Gasteiger partial charge in [-0.2, -0.15) is 0 Å². The van der Waals surface area contributed by atoms with Crippen LogP contribution in [0.3, 0.4) is 0 Å². The van der Waals surface area contributed by atoms with Crippen LogP contribution in [-0.4, -0.2) is 79.3 Å². The number of hydrogen-bond donors (Lipinski definition) is 2. The smallest absolute Gasteiger partial charge is 0.0475 e. The molecule has 110 valence electrons. The maximum Gasteiger partial charge on any atom is 0.0475 e. The van der Waals surface area contributed by atoms with Crippen molar-refractivity contribution in [3.05, 3.63) is 0 Å². The van der Waals surface area contributed by atoms with Crippen LogP contribution in [0.2, 0.25) is 0 Å². The summed E-state index contributed by atoms with van der Waals surface area (Å²) in [5.74, 6) is 0. The maximum atomic E-state index is 6.15. The highest BCUT2D eigenvalue weighted by atomic mass is 15.6. The normalized spacial score (nSPS) is 38.5. The number of fused-ring (bicyclic) bond motifs is 1. The van der Waals surface area contributed by atoms with Crippen LogP contribution in [0.15, 0.2) is 0 Å². The lowest BCUT2D eigenvalue weighted by Gasteiger charge is -2.47. The third kappa shape index (κ3) is 2.95. The molecule has 2 atom stereocenters. The Morgan fingerprint density at radius 2 is 1.95 bits per heavy atom. The molecule has 5 nitrogen and oxygen atoms in total. The first kappa shape index (κ1) is 13.8.